The second-order valence-corrected chi connectivity index (χ2v) is 5.06. The Morgan fingerprint density at radius 2 is 2.14 bits per heavy atom. The van der Waals surface area contributed by atoms with E-state index in [0.29, 0.717) is 19.0 Å². The Kier molecular flexibility index (Phi) is 4.82. The third-order valence-corrected chi connectivity index (χ3v) is 3.50. The predicted molar refractivity (Wildman–Crippen MR) is 68.8 cm³/mol. The summed E-state index contributed by atoms with van der Waals surface area (Å²) >= 11 is 0. The van der Waals surface area contributed by atoms with Gasteiger partial charge >= 0.3 is 6.18 Å². The highest BCUT2D eigenvalue weighted by molar-refractivity contribution is 5.79. The highest BCUT2D eigenvalue weighted by Gasteiger charge is 2.34. The van der Waals surface area contributed by atoms with Gasteiger partial charge in [-0.1, -0.05) is 6.07 Å². The van der Waals surface area contributed by atoms with Crippen molar-refractivity contribution in [2.75, 3.05) is 13.1 Å². The van der Waals surface area contributed by atoms with Crippen molar-refractivity contribution in [2.24, 2.45) is 5.92 Å². The summed E-state index contributed by atoms with van der Waals surface area (Å²) in [5, 5.41) is 5.57. The van der Waals surface area contributed by atoms with Crippen LogP contribution in [0.4, 0.5) is 17.6 Å². The topological polar surface area (TPSA) is 41.1 Å². The van der Waals surface area contributed by atoms with Gasteiger partial charge in [-0.05, 0) is 37.1 Å². The lowest BCUT2D eigenvalue weighted by Crippen LogP contribution is -2.40. The molecule has 0 aliphatic carbocycles. The van der Waals surface area contributed by atoms with Gasteiger partial charge in [0.1, 0.15) is 5.82 Å². The number of carbonyl (C=O) groups is 1. The molecule has 0 bridgehead atoms. The van der Waals surface area contributed by atoms with Gasteiger partial charge in [0.15, 0.2) is 0 Å². The Bertz CT molecular complexity index is 510. The standard InChI is InChI=1S/C14H16F4N2O/c15-11-4-3-9(12(6-11)14(16,17)18)8-20-13(21)10-2-1-5-19-7-10/h3-4,6,10,19H,1-2,5,7-8H2,(H,20,21). The number of hydrogen-bond donors (Lipinski definition) is 2. The molecule has 1 heterocycles. The van der Waals surface area contributed by atoms with Crippen LogP contribution in [0.15, 0.2) is 18.2 Å². The molecule has 3 nitrogen and oxygen atoms in total. The van der Waals surface area contributed by atoms with Crippen molar-refractivity contribution in [3.8, 4) is 0 Å². The monoisotopic (exact) mass is 304 g/mol. The molecular formula is C14H16F4N2O. The average Bonchev–Trinajstić information content (AvgIpc) is 2.45. The second kappa shape index (κ2) is 6.43. The molecule has 2 N–H and O–H groups in total. The van der Waals surface area contributed by atoms with Gasteiger partial charge in [0.2, 0.25) is 5.91 Å². The zero-order chi connectivity index (χ0) is 15.5. The van der Waals surface area contributed by atoms with Gasteiger partial charge in [-0.3, -0.25) is 4.79 Å². The quantitative estimate of drug-likeness (QED) is 0.842. The van der Waals surface area contributed by atoms with Gasteiger partial charge in [-0.2, -0.15) is 13.2 Å². The van der Waals surface area contributed by atoms with Gasteiger partial charge in [-0.25, -0.2) is 4.39 Å². The third-order valence-electron chi connectivity index (χ3n) is 3.50. The zero-order valence-corrected chi connectivity index (χ0v) is 11.3. The van der Waals surface area contributed by atoms with Crippen LogP contribution in [0.5, 0.6) is 0 Å². The van der Waals surface area contributed by atoms with Crippen LogP contribution in [0.3, 0.4) is 0 Å². The van der Waals surface area contributed by atoms with E-state index in [1.54, 1.807) is 0 Å². The Balaban J connectivity index is 2.04. The first-order chi connectivity index (χ1) is 9.88. The van der Waals surface area contributed by atoms with Gasteiger partial charge in [0.05, 0.1) is 11.5 Å². The van der Waals surface area contributed by atoms with Crippen LogP contribution in [-0.4, -0.2) is 19.0 Å². The second-order valence-electron chi connectivity index (χ2n) is 5.06. The molecule has 0 radical (unpaired) electrons. The molecule has 0 aromatic heterocycles. The Morgan fingerprint density at radius 3 is 2.76 bits per heavy atom. The van der Waals surface area contributed by atoms with E-state index in [4.69, 9.17) is 0 Å². The largest absolute Gasteiger partial charge is 0.416 e. The number of amides is 1. The molecular weight excluding hydrogens is 288 g/mol. The molecule has 1 amide bonds. The molecule has 7 heteroatoms. The summed E-state index contributed by atoms with van der Waals surface area (Å²) in [5.74, 6) is -1.46. The van der Waals surface area contributed by atoms with E-state index in [2.05, 4.69) is 10.6 Å². The summed E-state index contributed by atoms with van der Waals surface area (Å²) < 4.78 is 51.4. The lowest BCUT2D eigenvalue weighted by Gasteiger charge is -2.22. The molecule has 1 aliphatic heterocycles. The van der Waals surface area contributed by atoms with E-state index in [1.807, 2.05) is 0 Å². The number of carbonyl (C=O) groups excluding carboxylic acids is 1. The number of rotatable bonds is 3. The fourth-order valence-electron chi connectivity index (χ4n) is 2.37. The van der Waals surface area contributed by atoms with Crippen LogP contribution in [0.25, 0.3) is 0 Å². The Morgan fingerprint density at radius 1 is 1.38 bits per heavy atom. The molecule has 1 fully saturated rings. The lowest BCUT2D eigenvalue weighted by atomic mass is 9.98. The van der Waals surface area contributed by atoms with Crippen LogP contribution in [0.2, 0.25) is 0 Å². The highest BCUT2D eigenvalue weighted by atomic mass is 19.4. The molecule has 116 valence electrons. The number of benzene rings is 1. The maximum absolute atomic E-state index is 13.0. The SMILES string of the molecule is O=C(NCc1ccc(F)cc1C(F)(F)F)C1CCCNC1. The van der Waals surface area contributed by atoms with E-state index in [1.165, 1.54) is 0 Å². The number of piperidine rings is 1. The summed E-state index contributed by atoms with van der Waals surface area (Å²) in [4.78, 5) is 11.9. The average molecular weight is 304 g/mol. The van der Waals surface area contributed by atoms with Crippen molar-refractivity contribution in [3.05, 3.63) is 35.1 Å². The van der Waals surface area contributed by atoms with Crippen molar-refractivity contribution in [3.63, 3.8) is 0 Å². The van der Waals surface area contributed by atoms with E-state index in [-0.39, 0.29) is 23.9 Å². The van der Waals surface area contributed by atoms with Crippen LogP contribution in [-0.2, 0) is 17.5 Å². The molecule has 0 saturated carbocycles. The molecule has 1 atom stereocenters. The first-order valence-corrected chi connectivity index (χ1v) is 6.72. The van der Waals surface area contributed by atoms with E-state index in [0.717, 1.165) is 25.1 Å². The molecule has 1 aliphatic rings. The van der Waals surface area contributed by atoms with Crippen molar-refractivity contribution in [1.29, 1.82) is 0 Å². The maximum atomic E-state index is 13.0. The van der Waals surface area contributed by atoms with E-state index >= 15 is 0 Å². The number of nitrogens with one attached hydrogen (secondary N) is 2. The van der Waals surface area contributed by atoms with Crippen LogP contribution < -0.4 is 10.6 Å². The maximum Gasteiger partial charge on any atom is 0.416 e. The van der Waals surface area contributed by atoms with Gasteiger partial charge in [0, 0.05) is 13.1 Å². The van der Waals surface area contributed by atoms with Gasteiger partial charge in [0.25, 0.3) is 0 Å². The fourth-order valence-corrected chi connectivity index (χ4v) is 2.37. The third kappa shape index (κ3) is 4.17. The number of alkyl halides is 3. The first kappa shape index (κ1) is 15.8. The summed E-state index contributed by atoms with van der Waals surface area (Å²) in [6.45, 7) is 1.12. The first-order valence-electron chi connectivity index (χ1n) is 6.72. The molecule has 1 aromatic carbocycles. The minimum absolute atomic E-state index is 0.138. The van der Waals surface area contributed by atoms with Crippen LogP contribution in [0.1, 0.15) is 24.0 Å². The predicted octanol–water partition coefficient (Wildman–Crippen LogP) is 2.46. The highest BCUT2D eigenvalue weighted by Crippen LogP contribution is 2.32. The molecule has 1 aromatic rings. The zero-order valence-electron chi connectivity index (χ0n) is 11.3. The van der Waals surface area contributed by atoms with E-state index in [9.17, 15) is 22.4 Å². The summed E-state index contributed by atoms with van der Waals surface area (Å²) in [6.07, 6.45) is -3.06. The van der Waals surface area contributed by atoms with Crippen LogP contribution >= 0.6 is 0 Å². The number of hydrogen-bond acceptors (Lipinski definition) is 2. The molecule has 2 rings (SSSR count). The summed E-state index contributed by atoms with van der Waals surface area (Å²) in [6, 6.07) is 2.46. The Labute approximate surface area is 119 Å². The fraction of sp³-hybridized carbons (Fsp3) is 0.500. The smallest absolute Gasteiger partial charge is 0.352 e. The van der Waals surface area contributed by atoms with Crippen molar-refractivity contribution in [1.82, 2.24) is 10.6 Å². The summed E-state index contributed by atoms with van der Waals surface area (Å²) in [7, 11) is 0. The van der Waals surface area contributed by atoms with Crippen molar-refractivity contribution >= 4 is 5.91 Å². The van der Waals surface area contributed by atoms with Crippen LogP contribution in [0, 0.1) is 11.7 Å². The van der Waals surface area contributed by atoms with E-state index < -0.39 is 17.6 Å². The van der Waals surface area contributed by atoms with Crippen molar-refractivity contribution in [2.45, 2.75) is 25.6 Å². The number of halogens is 4. The van der Waals surface area contributed by atoms with Crippen molar-refractivity contribution < 1.29 is 22.4 Å². The minimum Gasteiger partial charge on any atom is -0.352 e. The molecule has 1 unspecified atom stereocenters. The van der Waals surface area contributed by atoms with Gasteiger partial charge in [-0.15, -0.1) is 0 Å². The summed E-state index contributed by atoms with van der Waals surface area (Å²) in [5.41, 5.74) is -1.19. The normalized spacial score (nSPS) is 19.3. The molecule has 21 heavy (non-hydrogen) atoms. The lowest BCUT2D eigenvalue weighted by molar-refractivity contribution is -0.138. The Hall–Kier alpha value is -1.63. The minimum atomic E-state index is -4.64. The van der Waals surface area contributed by atoms with Gasteiger partial charge < -0.3 is 10.6 Å². The molecule has 1 saturated heterocycles. The molecule has 0 spiro atoms.